The molecule has 1 saturated heterocycles. The molecule has 1 aliphatic rings. The summed E-state index contributed by atoms with van der Waals surface area (Å²) in [5.41, 5.74) is -0.254. The quantitative estimate of drug-likeness (QED) is 0.731. The second kappa shape index (κ2) is 8.63. The molecule has 2 rings (SSSR count). The van der Waals surface area contributed by atoms with Crippen LogP contribution in [0.4, 0.5) is 10.1 Å². The fourth-order valence-corrected chi connectivity index (χ4v) is 5.32. The van der Waals surface area contributed by atoms with E-state index < -0.39 is 25.9 Å². The second-order valence-electron chi connectivity index (χ2n) is 5.73. The zero-order valence-electron chi connectivity index (χ0n) is 14.0. The highest BCUT2D eigenvalue weighted by atomic mass is 35.5. The van der Waals surface area contributed by atoms with Crippen molar-refractivity contribution in [2.75, 3.05) is 30.1 Å². The van der Waals surface area contributed by atoms with Crippen molar-refractivity contribution in [3.63, 3.8) is 0 Å². The Balaban J connectivity index is 0.00000312. The average molecular weight is 416 g/mol. The van der Waals surface area contributed by atoms with Gasteiger partial charge in [0.2, 0.25) is 20.0 Å². The van der Waals surface area contributed by atoms with Crippen molar-refractivity contribution in [2.24, 2.45) is 0 Å². The summed E-state index contributed by atoms with van der Waals surface area (Å²) in [6.45, 7) is 4.82. The van der Waals surface area contributed by atoms with E-state index in [1.165, 1.54) is 10.4 Å². The standard InChI is InChI=1S/C14H22FN3O4S2.ClH/c1-3-8-23(19,20)17-14-5-4-12(9-13(14)15)24(21,22)18-7-6-16-10-11(18)2;/h4-5,9,11,16-17H,3,6-8,10H2,1-2H3;1H. The topological polar surface area (TPSA) is 95.6 Å². The van der Waals surface area contributed by atoms with E-state index in [9.17, 15) is 21.2 Å². The van der Waals surface area contributed by atoms with E-state index in [1.54, 1.807) is 13.8 Å². The van der Waals surface area contributed by atoms with Gasteiger partial charge in [-0.25, -0.2) is 21.2 Å². The van der Waals surface area contributed by atoms with Crippen LogP contribution in [-0.4, -0.2) is 52.6 Å². The summed E-state index contributed by atoms with van der Waals surface area (Å²) >= 11 is 0. The van der Waals surface area contributed by atoms with E-state index in [4.69, 9.17) is 0 Å². The molecule has 0 aliphatic carbocycles. The van der Waals surface area contributed by atoms with E-state index in [2.05, 4.69) is 10.0 Å². The number of benzene rings is 1. The van der Waals surface area contributed by atoms with E-state index in [1.807, 2.05) is 0 Å². The number of hydrogen-bond donors (Lipinski definition) is 2. The number of piperazine rings is 1. The number of rotatable bonds is 6. The van der Waals surface area contributed by atoms with E-state index in [0.717, 1.165) is 12.1 Å². The fourth-order valence-electron chi connectivity index (χ4n) is 2.54. The molecular weight excluding hydrogens is 393 g/mol. The van der Waals surface area contributed by atoms with Gasteiger partial charge in [0.25, 0.3) is 0 Å². The number of hydrogen-bond acceptors (Lipinski definition) is 5. The average Bonchev–Trinajstić information content (AvgIpc) is 2.49. The van der Waals surface area contributed by atoms with Crippen molar-refractivity contribution in [3.05, 3.63) is 24.0 Å². The molecule has 0 spiro atoms. The molecule has 1 aromatic rings. The minimum absolute atomic E-state index is 0. The zero-order chi connectivity index (χ0) is 18.0. The minimum Gasteiger partial charge on any atom is -0.314 e. The van der Waals surface area contributed by atoms with Gasteiger partial charge in [-0.3, -0.25) is 4.72 Å². The molecular formula is C14H23ClFN3O4S2. The van der Waals surface area contributed by atoms with Gasteiger partial charge in [0.15, 0.2) is 0 Å². The molecule has 0 bridgehead atoms. The number of halogens is 2. The Morgan fingerprint density at radius 1 is 1.32 bits per heavy atom. The Morgan fingerprint density at radius 3 is 2.56 bits per heavy atom. The molecule has 0 aromatic heterocycles. The minimum atomic E-state index is -3.83. The smallest absolute Gasteiger partial charge is 0.243 e. The third-order valence-corrected chi connectivity index (χ3v) is 7.21. The van der Waals surface area contributed by atoms with Crippen LogP contribution in [0, 0.1) is 5.82 Å². The predicted molar refractivity (Wildman–Crippen MR) is 97.6 cm³/mol. The molecule has 7 nitrogen and oxygen atoms in total. The molecule has 1 unspecified atom stereocenters. The Bertz CT molecular complexity index is 802. The van der Waals surface area contributed by atoms with E-state index >= 15 is 0 Å². The molecule has 25 heavy (non-hydrogen) atoms. The number of anilines is 1. The summed E-state index contributed by atoms with van der Waals surface area (Å²) in [6, 6.07) is 2.97. The van der Waals surface area contributed by atoms with Gasteiger partial charge in [-0.15, -0.1) is 12.4 Å². The summed E-state index contributed by atoms with van der Waals surface area (Å²) in [7, 11) is -7.47. The molecule has 1 atom stereocenters. The van der Waals surface area contributed by atoms with Gasteiger partial charge in [-0.1, -0.05) is 6.92 Å². The molecule has 0 amide bonds. The van der Waals surface area contributed by atoms with E-state index in [0.29, 0.717) is 26.1 Å². The SMILES string of the molecule is CCCS(=O)(=O)Nc1ccc(S(=O)(=O)N2CCNCC2C)cc1F.Cl. The number of nitrogens with one attached hydrogen (secondary N) is 2. The maximum Gasteiger partial charge on any atom is 0.243 e. The zero-order valence-corrected chi connectivity index (χ0v) is 16.5. The van der Waals surface area contributed by atoms with Gasteiger partial charge in [-0.05, 0) is 31.5 Å². The fraction of sp³-hybridized carbons (Fsp3) is 0.571. The van der Waals surface area contributed by atoms with Crippen LogP contribution in [0.3, 0.4) is 0 Å². The van der Waals surface area contributed by atoms with Gasteiger partial charge in [0, 0.05) is 25.7 Å². The lowest BCUT2D eigenvalue weighted by Gasteiger charge is -2.32. The molecule has 1 aromatic carbocycles. The van der Waals surface area contributed by atoms with Crippen molar-refractivity contribution in [3.8, 4) is 0 Å². The summed E-state index contributed by atoms with van der Waals surface area (Å²) in [6.07, 6.45) is 0.393. The summed E-state index contributed by atoms with van der Waals surface area (Å²) in [4.78, 5) is -0.188. The normalized spacial score (nSPS) is 19.2. The van der Waals surface area contributed by atoms with Gasteiger partial charge in [0.1, 0.15) is 5.82 Å². The van der Waals surface area contributed by atoms with Crippen LogP contribution in [0.25, 0.3) is 0 Å². The lowest BCUT2D eigenvalue weighted by molar-refractivity contribution is 0.284. The van der Waals surface area contributed by atoms with Crippen molar-refractivity contribution < 1.29 is 21.2 Å². The Morgan fingerprint density at radius 2 is 2.00 bits per heavy atom. The molecule has 11 heteroatoms. The maximum absolute atomic E-state index is 14.2. The Kier molecular flexibility index (Phi) is 7.63. The van der Waals surface area contributed by atoms with Gasteiger partial charge in [-0.2, -0.15) is 4.31 Å². The van der Waals surface area contributed by atoms with Crippen molar-refractivity contribution in [1.82, 2.24) is 9.62 Å². The summed E-state index contributed by atoms with van der Waals surface area (Å²) in [5.74, 6) is -1.05. The molecule has 2 N–H and O–H groups in total. The molecule has 1 fully saturated rings. The lowest BCUT2D eigenvalue weighted by Crippen LogP contribution is -2.52. The second-order valence-corrected chi connectivity index (χ2v) is 9.46. The van der Waals surface area contributed by atoms with Gasteiger partial charge in [0.05, 0.1) is 16.3 Å². The molecule has 0 radical (unpaired) electrons. The largest absolute Gasteiger partial charge is 0.314 e. The van der Waals surface area contributed by atoms with Crippen LogP contribution in [-0.2, 0) is 20.0 Å². The van der Waals surface area contributed by atoms with Crippen LogP contribution in [0.2, 0.25) is 0 Å². The maximum atomic E-state index is 14.2. The summed E-state index contributed by atoms with van der Waals surface area (Å²) in [5, 5.41) is 3.09. The molecule has 1 aliphatic heterocycles. The highest BCUT2D eigenvalue weighted by Gasteiger charge is 2.31. The predicted octanol–water partition coefficient (Wildman–Crippen LogP) is 1.38. The monoisotopic (exact) mass is 415 g/mol. The molecule has 0 saturated carbocycles. The van der Waals surface area contributed by atoms with Gasteiger partial charge < -0.3 is 5.32 Å². The third-order valence-electron chi connectivity index (χ3n) is 3.73. The molecule has 1 heterocycles. The van der Waals surface area contributed by atoms with Crippen LogP contribution in [0.5, 0.6) is 0 Å². The highest BCUT2D eigenvalue weighted by Crippen LogP contribution is 2.24. The summed E-state index contributed by atoms with van der Waals surface area (Å²) < 4.78 is 66.4. The first-order valence-electron chi connectivity index (χ1n) is 7.70. The highest BCUT2D eigenvalue weighted by molar-refractivity contribution is 7.92. The van der Waals surface area contributed by atoms with Crippen molar-refractivity contribution in [2.45, 2.75) is 31.2 Å². The first kappa shape index (κ1) is 22.1. The molecule has 144 valence electrons. The van der Waals surface area contributed by atoms with Crippen molar-refractivity contribution in [1.29, 1.82) is 0 Å². The third kappa shape index (κ3) is 5.27. The number of nitrogens with zero attached hydrogens (tertiary/aromatic N) is 1. The van der Waals surface area contributed by atoms with Crippen LogP contribution in [0.1, 0.15) is 20.3 Å². The number of sulfonamides is 2. The van der Waals surface area contributed by atoms with Crippen LogP contribution < -0.4 is 10.0 Å². The van der Waals surface area contributed by atoms with Crippen molar-refractivity contribution >= 4 is 38.1 Å². The van der Waals surface area contributed by atoms with Gasteiger partial charge >= 0.3 is 0 Å². The van der Waals surface area contributed by atoms with Crippen LogP contribution >= 0.6 is 12.4 Å². The van der Waals surface area contributed by atoms with Crippen LogP contribution in [0.15, 0.2) is 23.1 Å². The first-order valence-corrected chi connectivity index (χ1v) is 10.8. The Hall–Kier alpha value is -0.940. The van der Waals surface area contributed by atoms with E-state index in [-0.39, 0.29) is 34.8 Å². The Labute approximate surface area is 154 Å². The lowest BCUT2D eigenvalue weighted by atomic mass is 10.3. The first-order chi connectivity index (χ1) is 11.2.